The fourth-order valence-corrected chi connectivity index (χ4v) is 3.53. The molecule has 2 aromatic rings. The molecule has 0 aliphatic rings. The SMILES string of the molecule is CCOc1csc2c(I)c(Br)ccc12. The van der Waals surface area contributed by atoms with Crippen molar-refractivity contribution in [3.05, 3.63) is 25.6 Å². The molecule has 1 nitrogen and oxygen atoms in total. The maximum Gasteiger partial charge on any atom is 0.137 e. The Kier molecular flexibility index (Phi) is 3.34. The lowest BCUT2D eigenvalue weighted by molar-refractivity contribution is 0.345. The third kappa shape index (κ3) is 1.79. The summed E-state index contributed by atoms with van der Waals surface area (Å²) >= 11 is 7.61. The summed E-state index contributed by atoms with van der Waals surface area (Å²) in [6.07, 6.45) is 0. The van der Waals surface area contributed by atoms with Crippen LogP contribution in [0.15, 0.2) is 22.0 Å². The molecular formula is C10H8BrIOS. The normalized spacial score (nSPS) is 10.8. The van der Waals surface area contributed by atoms with Crippen LogP contribution < -0.4 is 4.74 Å². The van der Waals surface area contributed by atoms with Gasteiger partial charge in [-0.1, -0.05) is 0 Å². The highest BCUT2D eigenvalue weighted by molar-refractivity contribution is 14.1. The fraction of sp³-hybridized carbons (Fsp3) is 0.200. The van der Waals surface area contributed by atoms with Crippen LogP contribution in [-0.4, -0.2) is 6.61 Å². The maximum atomic E-state index is 5.55. The minimum atomic E-state index is 0.721. The molecule has 0 spiro atoms. The Hall–Kier alpha value is 0.190. The molecule has 0 fully saturated rings. The van der Waals surface area contributed by atoms with E-state index in [1.165, 1.54) is 13.7 Å². The van der Waals surface area contributed by atoms with Gasteiger partial charge in [-0.15, -0.1) is 11.3 Å². The molecule has 0 amide bonds. The molecule has 0 saturated carbocycles. The summed E-state index contributed by atoms with van der Waals surface area (Å²) in [4.78, 5) is 0. The molecule has 2 rings (SSSR count). The van der Waals surface area contributed by atoms with E-state index in [1.54, 1.807) is 11.3 Å². The predicted octanol–water partition coefficient (Wildman–Crippen LogP) is 4.67. The predicted molar refractivity (Wildman–Crippen MR) is 73.4 cm³/mol. The topological polar surface area (TPSA) is 9.23 Å². The van der Waals surface area contributed by atoms with Gasteiger partial charge in [0.05, 0.1) is 11.3 Å². The van der Waals surface area contributed by atoms with Crippen molar-refractivity contribution in [2.45, 2.75) is 6.92 Å². The third-order valence-corrected chi connectivity index (χ3v) is 5.78. The van der Waals surface area contributed by atoms with Crippen LogP contribution in [0, 0.1) is 3.57 Å². The van der Waals surface area contributed by atoms with Crippen molar-refractivity contribution < 1.29 is 4.74 Å². The molecule has 0 bridgehead atoms. The van der Waals surface area contributed by atoms with Crippen molar-refractivity contribution >= 4 is 59.9 Å². The minimum Gasteiger partial charge on any atom is -0.492 e. The van der Waals surface area contributed by atoms with Crippen LogP contribution >= 0.6 is 49.9 Å². The van der Waals surface area contributed by atoms with Gasteiger partial charge in [-0.05, 0) is 57.6 Å². The lowest BCUT2D eigenvalue weighted by Gasteiger charge is -2.01. The van der Waals surface area contributed by atoms with Gasteiger partial charge < -0.3 is 4.74 Å². The van der Waals surface area contributed by atoms with Gasteiger partial charge in [0.25, 0.3) is 0 Å². The lowest BCUT2D eigenvalue weighted by Crippen LogP contribution is -1.89. The molecule has 1 aromatic heterocycles. The molecule has 0 aliphatic heterocycles. The van der Waals surface area contributed by atoms with Gasteiger partial charge in [0.1, 0.15) is 5.75 Å². The van der Waals surface area contributed by atoms with Crippen LogP contribution in [0.3, 0.4) is 0 Å². The number of thiophene rings is 1. The van der Waals surface area contributed by atoms with Gasteiger partial charge in [0, 0.05) is 18.8 Å². The Labute approximate surface area is 109 Å². The van der Waals surface area contributed by atoms with E-state index in [0.717, 1.165) is 16.8 Å². The molecule has 0 unspecified atom stereocenters. The van der Waals surface area contributed by atoms with Crippen LogP contribution in [0.2, 0.25) is 0 Å². The van der Waals surface area contributed by atoms with Crippen LogP contribution in [-0.2, 0) is 0 Å². The molecule has 0 radical (unpaired) electrons. The van der Waals surface area contributed by atoms with Gasteiger partial charge in [0.15, 0.2) is 0 Å². The van der Waals surface area contributed by atoms with Crippen molar-refractivity contribution in [2.24, 2.45) is 0 Å². The van der Waals surface area contributed by atoms with Crippen molar-refractivity contribution in [1.29, 1.82) is 0 Å². The van der Waals surface area contributed by atoms with Gasteiger partial charge in [-0.3, -0.25) is 0 Å². The maximum absolute atomic E-state index is 5.55. The number of benzene rings is 1. The Morgan fingerprint density at radius 2 is 2.29 bits per heavy atom. The summed E-state index contributed by atoms with van der Waals surface area (Å²) in [5.74, 6) is 0.998. The zero-order valence-electron chi connectivity index (χ0n) is 7.51. The van der Waals surface area contributed by atoms with E-state index in [4.69, 9.17) is 4.74 Å². The van der Waals surface area contributed by atoms with E-state index in [1.807, 2.05) is 6.92 Å². The van der Waals surface area contributed by atoms with E-state index < -0.39 is 0 Å². The van der Waals surface area contributed by atoms with Gasteiger partial charge in [-0.2, -0.15) is 0 Å². The summed E-state index contributed by atoms with van der Waals surface area (Å²) in [7, 11) is 0. The van der Waals surface area contributed by atoms with Crippen LogP contribution in [0.25, 0.3) is 10.1 Å². The average Bonchev–Trinajstić information content (AvgIpc) is 2.57. The first-order valence-electron chi connectivity index (χ1n) is 4.22. The highest BCUT2D eigenvalue weighted by Crippen LogP contribution is 2.38. The zero-order valence-corrected chi connectivity index (χ0v) is 12.1. The van der Waals surface area contributed by atoms with E-state index >= 15 is 0 Å². The molecule has 4 heteroatoms. The zero-order chi connectivity index (χ0) is 10.1. The summed E-state index contributed by atoms with van der Waals surface area (Å²) in [5.41, 5.74) is 0. The highest BCUT2D eigenvalue weighted by atomic mass is 127. The average molecular weight is 383 g/mol. The molecule has 14 heavy (non-hydrogen) atoms. The molecule has 74 valence electrons. The molecule has 0 atom stereocenters. The number of halogens is 2. The molecular weight excluding hydrogens is 375 g/mol. The van der Waals surface area contributed by atoms with E-state index in [2.05, 4.69) is 56.0 Å². The smallest absolute Gasteiger partial charge is 0.137 e. The first kappa shape index (κ1) is 10.7. The number of hydrogen-bond donors (Lipinski definition) is 0. The Balaban J connectivity index is 2.64. The van der Waals surface area contributed by atoms with Crippen LogP contribution in [0.5, 0.6) is 5.75 Å². The Bertz CT molecular complexity index is 466. The number of fused-ring (bicyclic) bond motifs is 1. The van der Waals surface area contributed by atoms with Crippen molar-refractivity contribution in [3.8, 4) is 5.75 Å². The first-order chi connectivity index (χ1) is 6.74. The lowest BCUT2D eigenvalue weighted by atomic mass is 10.2. The minimum absolute atomic E-state index is 0.721. The highest BCUT2D eigenvalue weighted by Gasteiger charge is 2.09. The quantitative estimate of drug-likeness (QED) is 0.686. The molecule has 1 heterocycles. The summed E-state index contributed by atoms with van der Waals surface area (Å²) in [6, 6.07) is 4.17. The second-order valence-corrected chi connectivity index (χ2v) is 5.58. The summed E-state index contributed by atoms with van der Waals surface area (Å²) in [5, 5.41) is 3.28. The van der Waals surface area contributed by atoms with Crippen molar-refractivity contribution in [3.63, 3.8) is 0 Å². The monoisotopic (exact) mass is 382 g/mol. The van der Waals surface area contributed by atoms with Crippen molar-refractivity contribution in [2.75, 3.05) is 6.61 Å². The number of ether oxygens (including phenoxy) is 1. The van der Waals surface area contributed by atoms with E-state index in [9.17, 15) is 0 Å². The summed E-state index contributed by atoms with van der Waals surface area (Å²) < 4.78 is 9.25. The Morgan fingerprint density at radius 1 is 1.50 bits per heavy atom. The molecule has 0 N–H and O–H groups in total. The molecule has 0 aliphatic carbocycles. The van der Waals surface area contributed by atoms with Gasteiger partial charge in [-0.25, -0.2) is 0 Å². The van der Waals surface area contributed by atoms with Crippen molar-refractivity contribution in [1.82, 2.24) is 0 Å². The van der Waals surface area contributed by atoms with Crippen LogP contribution in [0.1, 0.15) is 6.92 Å². The van der Waals surface area contributed by atoms with Gasteiger partial charge in [0.2, 0.25) is 0 Å². The second-order valence-electron chi connectivity index (χ2n) is 2.77. The molecule has 0 saturated heterocycles. The largest absolute Gasteiger partial charge is 0.492 e. The second kappa shape index (κ2) is 4.37. The third-order valence-electron chi connectivity index (χ3n) is 1.90. The Morgan fingerprint density at radius 3 is 3.00 bits per heavy atom. The standard InChI is InChI=1S/C10H8BrIOS/c1-2-13-8-5-14-10-6(8)3-4-7(11)9(10)12/h3-5H,2H2,1H3. The van der Waals surface area contributed by atoms with E-state index in [0.29, 0.717) is 0 Å². The van der Waals surface area contributed by atoms with Crippen LogP contribution in [0.4, 0.5) is 0 Å². The summed E-state index contributed by atoms with van der Waals surface area (Å²) in [6.45, 7) is 2.73. The molecule has 1 aromatic carbocycles. The number of rotatable bonds is 2. The first-order valence-corrected chi connectivity index (χ1v) is 6.97. The van der Waals surface area contributed by atoms with E-state index in [-0.39, 0.29) is 0 Å². The fourth-order valence-electron chi connectivity index (χ4n) is 1.28. The van der Waals surface area contributed by atoms with Gasteiger partial charge >= 0.3 is 0 Å². The number of hydrogen-bond acceptors (Lipinski definition) is 2.